The largest absolute Gasteiger partial charge is 0.457 e. The lowest BCUT2D eigenvalue weighted by Crippen LogP contribution is -2.17. The van der Waals surface area contributed by atoms with E-state index in [0.717, 1.165) is 11.8 Å². The number of para-hydroxylation sites is 1. The SMILES string of the molecule is O=C1NC(=O)C(=Cc2ccc(Oc3ccccc3)cc2F)S1. The molecule has 0 unspecified atom stereocenters. The smallest absolute Gasteiger partial charge is 0.290 e. The summed E-state index contributed by atoms with van der Waals surface area (Å²) in [7, 11) is 0. The Balaban J connectivity index is 1.82. The van der Waals surface area contributed by atoms with Gasteiger partial charge in [0.1, 0.15) is 17.3 Å². The maximum absolute atomic E-state index is 14.1. The minimum Gasteiger partial charge on any atom is -0.457 e. The lowest BCUT2D eigenvalue weighted by molar-refractivity contribution is -0.115. The predicted molar refractivity (Wildman–Crippen MR) is 82.0 cm³/mol. The lowest BCUT2D eigenvalue weighted by atomic mass is 10.2. The molecule has 2 aromatic rings. The van der Waals surface area contributed by atoms with Gasteiger partial charge < -0.3 is 4.74 Å². The van der Waals surface area contributed by atoms with E-state index in [1.165, 1.54) is 18.2 Å². The molecule has 0 aromatic heterocycles. The van der Waals surface area contributed by atoms with E-state index in [-0.39, 0.29) is 10.5 Å². The molecule has 4 nitrogen and oxygen atoms in total. The Hall–Kier alpha value is -2.60. The van der Waals surface area contributed by atoms with E-state index in [0.29, 0.717) is 11.5 Å². The molecule has 1 saturated heterocycles. The van der Waals surface area contributed by atoms with Gasteiger partial charge in [0.05, 0.1) is 4.91 Å². The number of hydrogen-bond acceptors (Lipinski definition) is 4. The lowest BCUT2D eigenvalue weighted by Gasteiger charge is -2.06. The van der Waals surface area contributed by atoms with E-state index >= 15 is 0 Å². The zero-order valence-corrected chi connectivity index (χ0v) is 12.0. The molecule has 6 heteroatoms. The number of hydrogen-bond donors (Lipinski definition) is 1. The topological polar surface area (TPSA) is 55.4 Å². The molecule has 0 aliphatic carbocycles. The molecule has 22 heavy (non-hydrogen) atoms. The molecule has 0 bridgehead atoms. The maximum Gasteiger partial charge on any atom is 0.290 e. The Morgan fingerprint density at radius 3 is 2.45 bits per heavy atom. The average Bonchev–Trinajstić information content (AvgIpc) is 2.81. The van der Waals surface area contributed by atoms with E-state index in [1.807, 2.05) is 18.2 Å². The molecular weight excluding hydrogens is 305 g/mol. The van der Waals surface area contributed by atoms with Crippen LogP contribution in [0.4, 0.5) is 9.18 Å². The van der Waals surface area contributed by atoms with Crippen LogP contribution in [0.3, 0.4) is 0 Å². The normalized spacial score (nSPS) is 16.0. The second-order valence-electron chi connectivity index (χ2n) is 4.45. The van der Waals surface area contributed by atoms with Gasteiger partial charge in [-0.2, -0.15) is 0 Å². The van der Waals surface area contributed by atoms with Crippen molar-refractivity contribution in [2.24, 2.45) is 0 Å². The molecule has 1 aliphatic heterocycles. The fourth-order valence-corrected chi connectivity index (χ4v) is 2.55. The second-order valence-corrected chi connectivity index (χ2v) is 5.47. The number of amides is 2. The Labute approximate surface area is 130 Å². The summed E-state index contributed by atoms with van der Waals surface area (Å²) in [6.45, 7) is 0. The number of benzene rings is 2. The van der Waals surface area contributed by atoms with Crippen LogP contribution in [0.5, 0.6) is 11.5 Å². The second kappa shape index (κ2) is 6.03. The minimum atomic E-state index is -0.534. The fourth-order valence-electron chi connectivity index (χ4n) is 1.88. The molecule has 1 aliphatic rings. The Bertz CT molecular complexity index is 774. The number of nitrogens with one attached hydrogen (secondary N) is 1. The summed E-state index contributed by atoms with van der Waals surface area (Å²) >= 11 is 0.748. The van der Waals surface area contributed by atoms with Crippen molar-refractivity contribution in [2.75, 3.05) is 0 Å². The van der Waals surface area contributed by atoms with E-state index in [2.05, 4.69) is 5.32 Å². The van der Waals surface area contributed by atoms with Crippen LogP contribution in [0.2, 0.25) is 0 Å². The maximum atomic E-state index is 14.1. The van der Waals surface area contributed by atoms with Crippen LogP contribution in [0, 0.1) is 5.82 Å². The molecule has 2 aromatic carbocycles. The van der Waals surface area contributed by atoms with Gasteiger partial charge in [-0.15, -0.1) is 0 Å². The molecule has 2 amide bonds. The highest BCUT2D eigenvalue weighted by Crippen LogP contribution is 2.28. The highest BCUT2D eigenvalue weighted by Gasteiger charge is 2.25. The molecule has 1 N–H and O–H groups in total. The monoisotopic (exact) mass is 315 g/mol. The molecule has 0 radical (unpaired) electrons. The molecule has 1 heterocycles. The third kappa shape index (κ3) is 3.17. The van der Waals surface area contributed by atoms with Gasteiger partial charge in [-0.1, -0.05) is 18.2 Å². The molecule has 110 valence electrons. The number of rotatable bonds is 3. The van der Waals surface area contributed by atoms with Gasteiger partial charge in [-0.3, -0.25) is 14.9 Å². The summed E-state index contributed by atoms with van der Waals surface area (Å²) < 4.78 is 19.6. The molecule has 0 atom stereocenters. The van der Waals surface area contributed by atoms with E-state index < -0.39 is 17.0 Å². The number of carbonyl (C=O) groups is 2. The number of thioether (sulfide) groups is 1. The van der Waals surface area contributed by atoms with Gasteiger partial charge in [0.25, 0.3) is 11.1 Å². The van der Waals surface area contributed by atoms with Crippen molar-refractivity contribution >= 4 is 29.0 Å². The van der Waals surface area contributed by atoms with Crippen molar-refractivity contribution in [1.82, 2.24) is 5.32 Å². The van der Waals surface area contributed by atoms with Crippen LogP contribution in [0.1, 0.15) is 5.56 Å². The Morgan fingerprint density at radius 2 is 1.82 bits per heavy atom. The van der Waals surface area contributed by atoms with Crippen LogP contribution in [0.15, 0.2) is 53.4 Å². The van der Waals surface area contributed by atoms with Gasteiger partial charge in [-0.05, 0) is 42.1 Å². The zero-order valence-electron chi connectivity index (χ0n) is 11.2. The van der Waals surface area contributed by atoms with Crippen LogP contribution in [-0.2, 0) is 4.79 Å². The Kier molecular flexibility index (Phi) is 3.93. The first-order valence-corrected chi connectivity index (χ1v) is 7.21. The fraction of sp³-hybridized carbons (Fsp3) is 0. The number of imide groups is 1. The van der Waals surface area contributed by atoms with Crippen molar-refractivity contribution < 1.29 is 18.7 Å². The Morgan fingerprint density at radius 1 is 1.05 bits per heavy atom. The molecular formula is C16H10FNO3S. The summed E-state index contributed by atoms with van der Waals surface area (Å²) in [5.74, 6) is -0.0949. The average molecular weight is 315 g/mol. The van der Waals surface area contributed by atoms with Crippen molar-refractivity contribution in [1.29, 1.82) is 0 Å². The molecule has 3 rings (SSSR count). The van der Waals surface area contributed by atoms with E-state index in [9.17, 15) is 14.0 Å². The van der Waals surface area contributed by atoms with Crippen LogP contribution in [0.25, 0.3) is 6.08 Å². The van der Waals surface area contributed by atoms with Crippen molar-refractivity contribution in [3.8, 4) is 11.5 Å². The van der Waals surface area contributed by atoms with E-state index in [1.54, 1.807) is 18.2 Å². The highest BCUT2D eigenvalue weighted by molar-refractivity contribution is 8.18. The van der Waals surface area contributed by atoms with Gasteiger partial charge in [0, 0.05) is 11.6 Å². The number of carbonyl (C=O) groups excluding carboxylic acids is 2. The number of halogens is 1. The summed E-state index contributed by atoms with van der Waals surface area (Å²) in [6, 6.07) is 13.3. The van der Waals surface area contributed by atoms with Gasteiger partial charge in [-0.25, -0.2) is 4.39 Å². The molecule has 1 fully saturated rings. The first kappa shape index (κ1) is 14.3. The van der Waals surface area contributed by atoms with E-state index in [4.69, 9.17) is 4.74 Å². The van der Waals surface area contributed by atoms with Crippen LogP contribution >= 0.6 is 11.8 Å². The minimum absolute atomic E-state index is 0.167. The molecule has 0 spiro atoms. The van der Waals surface area contributed by atoms with Crippen molar-refractivity contribution in [3.05, 3.63) is 64.8 Å². The van der Waals surface area contributed by atoms with Gasteiger partial charge in [0.2, 0.25) is 0 Å². The summed E-state index contributed by atoms with van der Waals surface area (Å²) in [6.07, 6.45) is 1.34. The summed E-state index contributed by atoms with van der Waals surface area (Å²) in [4.78, 5) is 22.7. The third-order valence-corrected chi connectivity index (χ3v) is 3.69. The van der Waals surface area contributed by atoms with Gasteiger partial charge >= 0.3 is 0 Å². The predicted octanol–water partition coefficient (Wildman–Crippen LogP) is 3.94. The summed E-state index contributed by atoms with van der Waals surface area (Å²) in [5.41, 5.74) is 0.216. The molecule has 0 saturated carbocycles. The first-order chi connectivity index (χ1) is 10.6. The van der Waals surface area contributed by atoms with Gasteiger partial charge in [0.15, 0.2) is 0 Å². The van der Waals surface area contributed by atoms with Crippen molar-refractivity contribution in [2.45, 2.75) is 0 Å². The highest BCUT2D eigenvalue weighted by atomic mass is 32.2. The third-order valence-electron chi connectivity index (χ3n) is 2.88. The standard InChI is InChI=1S/C16H10FNO3S/c17-13-9-12(21-11-4-2-1-3-5-11)7-6-10(13)8-14-15(19)18-16(20)22-14/h1-9H,(H,18,19,20). The number of ether oxygens (including phenoxy) is 1. The van der Waals surface area contributed by atoms with Crippen LogP contribution in [-0.4, -0.2) is 11.1 Å². The van der Waals surface area contributed by atoms with Crippen molar-refractivity contribution in [3.63, 3.8) is 0 Å². The quantitative estimate of drug-likeness (QED) is 0.872. The van der Waals surface area contributed by atoms with Crippen LogP contribution < -0.4 is 10.1 Å². The zero-order chi connectivity index (χ0) is 15.5. The summed E-state index contributed by atoms with van der Waals surface area (Å²) in [5, 5.41) is 1.66. The first-order valence-electron chi connectivity index (χ1n) is 6.39.